The van der Waals surface area contributed by atoms with Crippen LogP contribution in [0.25, 0.3) is 15.9 Å². The van der Waals surface area contributed by atoms with Gasteiger partial charge in [-0.2, -0.15) is 0 Å². The predicted molar refractivity (Wildman–Crippen MR) is 141 cm³/mol. The summed E-state index contributed by atoms with van der Waals surface area (Å²) in [6.45, 7) is 0. The molecule has 10 heteroatoms. The number of amides is 2. The van der Waals surface area contributed by atoms with Crippen LogP contribution in [0.3, 0.4) is 0 Å². The molecule has 178 valence electrons. The number of hydrogen-bond donors (Lipinski definition) is 2. The maximum absolute atomic E-state index is 13.7. The Kier molecular flexibility index (Phi) is 6.64. The molecule has 0 saturated carbocycles. The van der Waals surface area contributed by atoms with Crippen LogP contribution in [0.15, 0.2) is 58.5 Å². The molecule has 0 unspecified atom stereocenters. The fourth-order valence-corrected chi connectivity index (χ4v) is 6.39. The van der Waals surface area contributed by atoms with Gasteiger partial charge in [-0.15, -0.1) is 11.3 Å². The highest BCUT2D eigenvalue weighted by atomic mass is 35.5. The zero-order chi connectivity index (χ0) is 24.5. The van der Waals surface area contributed by atoms with Crippen LogP contribution in [0.5, 0.6) is 0 Å². The molecule has 0 aliphatic heterocycles. The SMILES string of the molecule is NC(=O)c1ccc(NC(=O)CSc2nc3sc4c(c3c(=O)n2-c2ccc(Cl)cc2)CCCC4)cc1. The molecule has 2 aromatic carbocycles. The molecule has 3 N–H and O–H groups in total. The second-order valence-corrected chi connectivity index (χ2v) is 10.6. The molecule has 0 atom stereocenters. The van der Waals surface area contributed by atoms with Gasteiger partial charge < -0.3 is 11.1 Å². The Labute approximate surface area is 214 Å². The molecule has 0 saturated heterocycles. The largest absolute Gasteiger partial charge is 0.366 e. The predicted octanol–water partition coefficient (Wildman–Crippen LogP) is 4.81. The van der Waals surface area contributed by atoms with Gasteiger partial charge in [0.05, 0.1) is 16.8 Å². The lowest BCUT2D eigenvalue weighted by Crippen LogP contribution is -2.23. The third-order valence-corrected chi connectivity index (χ3v) is 8.20. The van der Waals surface area contributed by atoms with E-state index in [4.69, 9.17) is 22.3 Å². The molecule has 0 bridgehead atoms. The number of rotatable bonds is 6. The number of benzene rings is 2. The number of nitrogens with zero attached hydrogens (tertiary/aromatic N) is 2. The van der Waals surface area contributed by atoms with E-state index >= 15 is 0 Å². The normalized spacial score (nSPS) is 12.9. The van der Waals surface area contributed by atoms with E-state index in [1.807, 2.05) is 0 Å². The van der Waals surface area contributed by atoms with Gasteiger partial charge in [0.2, 0.25) is 11.8 Å². The van der Waals surface area contributed by atoms with Crippen molar-refractivity contribution in [3.63, 3.8) is 0 Å². The van der Waals surface area contributed by atoms with Crippen molar-refractivity contribution in [1.29, 1.82) is 0 Å². The lowest BCUT2D eigenvalue weighted by molar-refractivity contribution is -0.113. The van der Waals surface area contributed by atoms with Crippen LogP contribution < -0.4 is 16.6 Å². The first kappa shape index (κ1) is 23.6. The van der Waals surface area contributed by atoms with Crippen molar-refractivity contribution >= 4 is 62.4 Å². The Bertz CT molecular complexity index is 1490. The molecule has 0 spiro atoms. The van der Waals surface area contributed by atoms with E-state index in [1.54, 1.807) is 64.4 Å². The Morgan fingerprint density at radius 1 is 1.09 bits per heavy atom. The molecule has 2 amide bonds. The number of thiophene rings is 1. The highest BCUT2D eigenvalue weighted by Gasteiger charge is 2.23. The Morgan fingerprint density at radius 2 is 1.80 bits per heavy atom. The summed E-state index contributed by atoms with van der Waals surface area (Å²) < 4.78 is 1.57. The third kappa shape index (κ3) is 4.84. The van der Waals surface area contributed by atoms with Crippen molar-refractivity contribution in [3.8, 4) is 5.69 Å². The second kappa shape index (κ2) is 9.85. The first-order chi connectivity index (χ1) is 16.9. The smallest absolute Gasteiger partial charge is 0.267 e. The average Bonchev–Trinajstić information content (AvgIpc) is 3.22. The van der Waals surface area contributed by atoms with Crippen LogP contribution in [0, 0.1) is 0 Å². The van der Waals surface area contributed by atoms with Gasteiger partial charge in [-0.25, -0.2) is 4.98 Å². The minimum absolute atomic E-state index is 0.0498. The zero-order valence-electron chi connectivity index (χ0n) is 18.5. The first-order valence-electron chi connectivity index (χ1n) is 11.1. The summed E-state index contributed by atoms with van der Waals surface area (Å²) in [5.74, 6) is -0.742. The highest BCUT2D eigenvalue weighted by molar-refractivity contribution is 7.99. The van der Waals surface area contributed by atoms with Crippen LogP contribution in [-0.4, -0.2) is 27.1 Å². The number of fused-ring (bicyclic) bond motifs is 3. The van der Waals surface area contributed by atoms with Crippen LogP contribution in [0.2, 0.25) is 5.02 Å². The molecule has 0 radical (unpaired) electrons. The zero-order valence-corrected chi connectivity index (χ0v) is 20.9. The van der Waals surface area contributed by atoms with Crippen molar-refractivity contribution in [2.75, 3.05) is 11.1 Å². The maximum atomic E-state index is 13.7. The van der Waals surface area contributed by atoms with E-state index in [1.165, 1.54) is 16.6 Å². The van der Waals surface area contributed by atoms with Crippen LogP contribution in [0.4, 0.5) is 5.69 Å². The van der Waals surface area contributed by atoms with Crippen molar-refractivity contribution in [1.82, 2.24) is 9.55 Å². The fourth-order valence-electron chi connectivity index (χ4n) is 4.15. The minimum atomic E-state index is -0.532. The van der Waals surface area contributed by atoms with E-state index in [9.17, 15) is 14.4 Å². The molecule has 7 nitrogen and oxygen atoms in total. The summed E-state index contributed by atoms with van der Waals surface area (Å²) in [5.41, 5.74) is 7.81. The molecule has 35 heavy (non-hydrogen) atoms. The molecule has 0 fully saturated rings. The number of anilines is 1. The van der Waals surface area contributed by atoms with Gasteiger partial charge in [-0.1, -0.05) is 23.4 Å². The van der Waals surface area contributed by atoms with Gasteiger partial charge in [0.25, 0.3) is 5.56 Å². The summed E-state index contributed by atoms with van der Waals surface area (Å²) in [6.07, 6.45) is 4.04. The second-order valence-electron chi connectivity index (χ2n) is 8.18. The van der Waals surface area contributed by atoms with Gasteiger partial charge >= 0.3 is 0 Å². The van der Waals surface area contributed by atoms with E-state index < -0.39 is 5.91 Å². The lowest BCUT2D eigenvalue weighted by Gasteiger charge is -2.14. The number of thioether (sulfide) groups is 1. The van der Waals surface area contributed by atoms with Crippen molar-refractivity contribution in [3.05, 3.63) is 79.9 Å². The highest BCUT2D eigenvalue weighted by Crippen LogP contribution is 2.35. The summed E-state index contributed by atoms with van der Waals surface area (Å²) in [4.78, 5) is 44.4. The van der Waals surface area contributed by atoms with Gasteiger partial charge in [-0.3, -0.25) is 19.0 Å². The molecular formula is C25H21ClN4O3S2. The van der Waals surface area contributed by atoms with Gasteiger partial charge in [0.1, 0.15) is 4.83 Å². The number of nitrogens with one attached hydrogen (secondary N) is 1. The Hall–Kier alpha value is -3.14. The maximum Gasteiger partial charge on any atom is 0.267 e. The average molecular weight is 525 g/mol. The quantitative estimate of drug-likeness (QED) is 0.278. The standard InChI is InChI=1S/C25H21ClN4O3S2/c26-15-7-11-17(12-8-15)30-24(33)21-18-3-1-2-4-19(18)35-23(21)29-25(30)34-13-20(31)28-16-9-5-14(6-10-16)22(27)32/h5-12H,1-4,13H2,(H2,27,32)(H,28,31). The third-order valence-electron chi connectivity index (χ3n) is 5.83. The summed E-state index contributed by atoms with van der Waals surface area (Å²) in [6, 6.07) is 13.4. The van der Waals surface area contributed by atoms with Gasteiger partial charge in [0.15, 0.2) is 5.16 Å². The number of nitrogens with two attached hydrogens (primary N) is 1. The van der Waals surface area contributed by atoms with Gasteiger partial charge in [0, 0.05) is 21.2 Å². The van der Waals surface area contributed by atoms with Crippen LogP contribution >= 0.6 is 34.7 Å². The van der Waals surface area contributed by atoms with E-state index in [0.717, 1.165) is 36.1 Å². The number of aromatic nitrogens is 2. The number of primary amides is 1. The summed E-state index contributed by atoms with van der Waals surface area (Å²) in [7, 11) is 0. The number of carbonyl (C=O) groups excluding carboxylic acids is 2. The molecule has 4 aromatic rings. The lowest BCUT2D eigenvalue weighted by atomic mass is 9.97. The Morgan fingerprint density at radius 3 is 2.51 bits per heavy atom. The minimum Gasteiger partial charge on any atom is -0.366 e. The number of halogens is 1. The van der Waals surface area contributed by atoms with Crippen LogP contribution in [0.1, 0.15) is 33.6 Å². The molecule has 1 aliphatic carbocycles. The molecule has 1 aliphatic rings. The molecule has 5 rings (SSSR count). The Balaban J connectivity index is 1.47. The van der Waals surface area contributed by atoms with E-state index in [2.05, 4.69) is 5.32 Å². The molecule has 2 aromatic heterocycles. The van der Waals surface area contributed by atoms with Crippen molar-refractivity contribution in [2.24, 2.45) is 5.73 Å². The van der Waals surface area contributed by atoms with E-state index in [-0.39, 0.29) is 17.2 Å². The number of carbonyl (C=O) groups is 2. The summed E-state index contributed by atoms with van der Waals surface area (Å²) >= 11 is 8.85. The van der Waals surface area contributed by atoms with Crippen LogP contribution in [-0.2, 0) is 17.6 Å². The topological polar surface area (TPSA) is 107 Å². The molecule has 2 heterocycles. The molecular weight excluding hydrogens is 504 g/mol. The fraction of sp³-hybridized carbons (Fsp3) is 0.200. The number of hydrogen-bond acceptors (Lipinski definition) is 6. The van der Waals surface area contributed by atoms with E-state index in [0.29, 0.717) is 32.5 Å². The van der Waals surface area contributed by atoms with Gasteiger partial charge in [-0.05, 0) is 79.8 Å². The number of aryl methyl sites for hydroxylation is 2. The monoisotopic (exact) mass is 524 g/mol. The summed E-state index contributed by atoms with van der Waals surface area (Å²) in [5, 5.41) is 4.49. The van der Waals surface area contributed by atoms with Crippen molar-refractivity contribution < 1.29 is 9.59 Å². The first-order valence-corrected chi connectivity index (χ1v) is 13.2. The van der Waals surface area contributed by atoms with Crippen molar-refractivity contribution in [2.45, 2.75) is 30.8 Å².